The van der Waals surface area contributed by atoms with Crippen molar-refractivity contribution in [3.05, 3.63) is 47.0 Å². The van der Waals surface area contributed by atoms with Crippen molar-refractivity contribution in [2.24, 2.45) is 0 Å². The number of aryl methyl sites for hydroxylation is 2. The zero-order chi connectivity index (χ0) is 16.7. The minimum atomic E-state index is -0.270. The van der Waals surface area contributed by atoms with Gasteiger partial charge in [-0.2, -0.15) is 5.10 Å². The molecular weight excluding hydrogens is 293 g/mol. The molecule has 1 atom stereocenters. The average molecular weight is 315 g/mol. The molecule has 1 aromatic carbocycles. The third-order valence-corrected chi connectivity index (χ3v) is 4.45. The molecule has 0 radical (unpaired) electrons. The first-order valence-corrected chi connectivity index (χ1v) is 8.01. The van der Waals surface area contributed by atoms with Crippen LogP contribution in [0.25, 0.3) is 0 Å². The highest BCUT2D eigenvalue weighted by atomic mass is 19.1. The molecule has 2 aromatic rings. The first-order valence-electron chi connectivity index (χ1n) is 8.01. The summed E-state index contributed by atoms with van der Waals surface area (Å²) in [6.07, 6.45) is 2.59. The number of halogens is 1. The van der Waals surface area contributed by atoms with Crippen LogP contribution in [0.4, 0.5) is 10.1 Å². The van der Waals surface area contributed by atoms with E-state index in [1.54, 1.807) is 35.6 Å². The van der Waals surface area contributed by atoms with E-state index in [2.05, 4.69) is 18.9 Å². The summed E-state index contributed by atoms with van der Waals surface area (Å²) in [6, 6.07) is 5.18. The minimum Gasteiger partial charge on any atom is -0.310 e. The molecule has 1 aliphatic rings. The van der Waals surface area contributed by atoms with Gasteiger partial charge < -0.3 is 4.90 Å². The Bertz CT molecular complexity index is 727. The third kappa shape index (κ3) is 2.76. The molecule has 122 valence electrons. The summed E-state index contributed by atoms with van der Waals surface area (Å²) in [5.74, 6) is 0.158. The van der Waals surface area contributed by atoms with Gasteiger partial charge in [-0.3, -0.25) is 9.48 Å². The molecule has 23 heavy (non-hydrogen) atoms. The molecule has 0 spiro atoms. The first kappa shape index (κ1) is 15.7. The fourth-order valence-electron chi connectivity index (χ4n) is 3.08. The van der Waals surface area contributed by atoms with Crippen LogP contribution in [0.1, 0.15) is 49.0 Å². The molecule has 1 fully saturated rings. The van der Waals surface area contributed by atoms with E-state index < -0.39 is 0 Å². The van der Waals surface area contributed by atoms with Gasteiger partial charge in [0.05, 0.1) is 5.69 Å². The second kappa shape index (κ2) is 5.80. The van der Waals surface area contributed by atoms with Gasteiger partial charge in [0, 0.05) is 18.4 Å². The lowest BCUT2D eigenvalue weighted by molar-refractivity contribution is -0.120. The maximum atomic E-state index is 13.8. The molecule has 4 nitrogen and oxygen atoms in total. The Morgan fingerprint density at radius 2 is 1.91 bits per heavy atom. The largest absolute Gasteiger partial charge is 0.310 e. The quantitative estimate of drug-likeness (QED) is 0.865. The average Bonchev–Trinajstić information content (AvgIpc) is 3.10. The Morgan fingerprint density at radius 1 is 1.26 bits per heavy atom. The molecule has 5 heteroatoms. The van der Waals surface area contributed by atoms with Crippen LogP contribution in [-0.2, 0) is 4.79 Å². The van der Waals surface area contributed by atoms with E-state index in [9.17, 15) is 9.18 Å². The molecule has 0 aliphatic carbocycles. The predicted molar refractivity (Wildman–Crippen MR) is 88.2 cm³/mol. The van der Waals surface area contributed by atoms with E-state index in [1.165, 1.54) is 0 Å². The fourth-order valence-corrected chi connectivity index (χ4v) is 3.08. The summed E-state index contributed by atoms with van der Waals surface area (Å²) in [5, 5.41) is 4.53. The van der Waals surface area contributed by atoms with Crippen LogP contribution in [-0.4, -0.2) is 22.2 Å². The van der Waals surface area contributed by atoms with Gasteiger partial charge in [0.15, 0.2) is 0 Å². The number of benzene rings is 1. The number of amides is 1. The summed E-state index contributed by atoms with van der Waals surface area (Å²) in [7, 11) is 0. The summed E-state index contributed by atoms with van der Waals surface area (Å²) in [4.78, 5) is 14.5. The summed E-state index contributed by atoms with van der Waals surface area (Å²) in [5.41, 5.74) is 2.89. The van der Waals surface area contributed by atoms with Gasteiger partial charge in [-0.15, -0.1) is 0 Å². The number of rotatable bonds is 3. The van der Waals surface area contributed by atoms with E-state index in [1.807, 2.05) is 12.3 Å². The topological polar surface area (TPSA) is 38.1 Å². The van der Waals surface area contributed by atoms with Gasteiger partial charge in [-0.05, 0) is 55.5 Å². The maximum absolute atomic E-state index is 13.8. The normalized spacial score (nSPS) is 18.3. The Hall–Kier alpha value is -2.17. The van der Waals surface area contributed by atoms with E-state index in [4.69, 9.17) is 0 Å². The molecule has 0 N–H and O–H groups in total. The first-order chi connectivity index (χ1) is 10.9. The molecule has 0 bridgehead atoms. The lowest BCUT2D eigenvalue weighted by Gasteiger charge is -2.18. The van der Waals surface area contributed by atoms with Crippen molar-refractivity contribution < 1.29 is 9.18 Å². The molecule has 0 saturated carbocycles. The van der Waals surface area contributed by atoms with Gasteiger partial charge in [-0.25, -0.2) is 4.39 Å². The fraction of sp³-hybridized carbons (Fsp3) is 0.444. The van der Waals surface area contributed by atoms with Gasteiger partial charge in [0.25, 0.3) is 5.91 Å². The number of nitrogens with zero attached hydrogens (tertiary/aromatic N) is 3. The van der Waals surface area contributed by atoms with Crippen LogP contribution < -0.4 is 4.90 Å². The van der Waals surface area contributed by atoms with Gasteiger partial charge in [0.2, 0.25) is 0 Å². The number of aromatic nitrogens is 2. The molecule has 1 unspecified atom stereocenters. The van der Waals surface area contributed by atoms with Gasteiger partial charge >= 0.3 is 0 Å². The second-order valence-electron chi connectivity index (χ2n) is 6.56. The Morgan fingerprint density at radius 3 is 2.48 bits per heavy atom. The Kier molecular flexibility index (Phi) is 3.96. The van der Waals surface area contributed by atoms with Gasteiger partial charge in [-0.1, -0.05) is 13.8 Å². The number of carbonyl (C=O) groups is 1. The van der Waals surface area contributed by atoms with Crippen LogP contribution in [0.2, 0.25) is 0 Å². The highest BCUT2D eigenvalue weighted by Gasteiger charge is 2.34. The third-order valence-electron chi connectivity index (χ3n) is 4.45. The molecule has 3 rings (SSSR count). The van der Waals surface area contributed by atoms with Crippen molar-refractivity contribution in [1.29, 1.82) is 0 Å². The van der Waals surface area contributed by atoms with Crippen LogP contribution in [0.5, 0.6) is 0 Å². The van der Waals surface area contributed by atoms with Crippen LogP contribution in [0, 0.1) is 19.7 Å². The van der Waals surface area contributed by atoms with Crippen molar-refractivity contribution in [3.8, 4) is 0 Å². The predicted octanol–water partition coefficient (Wildman–Crippen LogP) is 3.74. The van der Waals surface area contributed by atoms with Gasteiger partial charge in [0.1, 0.15) is 11.9 Å². The second-order valence-corrected chi connectivity index (χ2v) is 6.56. The summed E-state index contributed by atoms with van der Waals surface area (Å²) < 4.78 is 15.6. The van der Waals surface area contributed by atoms with Crippen molar-refractivity contribution in [2.75, 3.05) is 11.4 Å². The maximum Gasteiger partial charge on any atom is 0.251 e. The summed E-state index contributed by atoms with van der Waals surface area (Å²) in [6.45, 7) is 8.25. The van der Waals surface area contributed by atoms with E-state index in [-0.39, 0.29) is 17.8 Å². The van der Waals surface area contributed by atoms with Crippen molar-refractivity contribution in [2.45, 2.75) is 46.1 Å². The summed E-state index contributed by atoms with van der Waals surface area (Å²) >= 11 is 0. The zero-order valence-corrected chi connectivity index (χ0v) is 14.0. The minimum absolute atomic E-state index is 0.0221. The highest BCUT2D eigenvalue weighted by molar-refractivity contribution is 5.98. The van der Waals surface area contributed by atoms with E-state index in [0.717, 1.165) is 11.4 Å². The molecular formula is C18H22FN3O. The van der Waals surface area contributed by atoms with Crippen LogP contribution in [0.15, 0.2) is 24.4 Å². The van der Waals surface area contributed by atoms with Crippen LogP contribution >= 0.6 is 0 Å². The highest BCUT2D eigenvalue weighted by Crippen LogP contribution is 2.30. The van der Waals surface area contributed by atoms with E-state index >= 15 is 0 Å². The lowest BCUT2D eigenvalue weighted by atomic mass is 10.1. The number of carbonyl (C=O) groups excluding carboxylic acids is 1. The number of hydrogen-bond donors (Lipinski definition) is 0. The van der Waals surface area contributed by atoms with Crippen molar-refractivity contribution in [3.63, 3.8) is 0 Å². The zero-order valence-electron chi connectivity index (χ0n) is 14.0. The van der Waals surface area contributed by atoms with Crippen molar-refractivity contribution in [1.82, 2.24) is 9.78 Å². The van der Waals surface area contributed by atoms with Crippen molar-refractivity contribution >= 4 is 11.6 Å². The Labute approximate surface area is 135 Å². The monoisotopic (exact) mass is 315 g/mol. The molecule has 2 heterocycles. The SMILES string of the molecule is Cc1cc(N2CCC(n3ccc(C(C)C)n3)C2=O)cc(C)c1F. The van der Waals surface area contributed by atoms with E-state index in [0.29, 0.717) is 30.0 Å². The smallest absolute Gasteiger partial charge is 0.251 e. The number of anilines is 1. The standard InChI is InChI=1S/C18H22FN3O/c1-11(2)15-5-8-22(20-15)16-6-7-21(18(16)23)14-9-12(3)17(19)13(4)10-14/h5,8-11,16H,6-7H2,1-4H3. The lowest BCUT2D eigenvalue weighted by Crippen LogP contribution is -2.28. The molecule has 1 saturated heterocycles. The Balaban J connectivity index is 1.86. The van der Waals surface area contributed by atoms with Crippen LogP contribution in [0.3, 0.4) is 0 Å². The molecule has 1 amide bonds. The number of hydrogen-bond acceptors (Lipinski definition) is 2. The molecule has 1 aromatic heterocycles. The molecule has 1 aliphatic heterocycles.